The van der Waals surface area contributed by atoms with Crippen LogP contribution in [0.3, 0.4) is 0 Å². The summed E-state index contributed by atoms with van der Waals surface area (Å²) in [6, 6.07) is 5.21. The zero-order valence-electron chi connectivity index (χ0n) is 15.4. The van der Waals surface area contributed by atoms with Crippen LogP contribution >= 0.6 is 23.2 Å². The van der Waals surface area contributed by atoms with Crippen molar-refractivity contribution >= 4 is 38.9 Å². The van der Waals surface area contributed by atoms with Crippen LogP contribution in [0.15, 0.2) is 18.2 Å². The average Bonchev–Trinajstić information content (AvgIpc) is 2.89. The van der Waals surface area contributed by atoms with Crippen LogP contribution in [-0.4, -0.2) is 61.8 Å². The van der Waals surface area contributed by atoms with Gasteiger partial charge in [-0.1, -0.05) is 49.2 Å². The number of hydrogen-bond acceptors (Lipinski definition) is 4. The SMILES string of the molecule is CC(C)CN(C(=O)CN(C)Cc1cccc(Cl)c1Cl)C1CCS(=O)(=O)C1. The number of carbonyl (C=O) groups is 1. The Bertz CT molecular complexity index is 753. The zero-order chi connectivity index (χ0) is 19.5. The molecule has 0 saturated carbocycles. The Balaban J connectivity index is 2.05. The molecule has 0 N–H and O–H groups in total. The maximum absolute atomic E-state index is 12.9. The van der Waals surface area contributed by atoms with Gasteiger partial charge in [-0.25, -0.2) is 8.42 Å². The summed E-state index contributed by atoms with van der Waals surface area (Å²) < 4.78 is 23.6. The molecular weight excluding hydrogens is 395 g/mol. The van der Waals surface area contributed by atoms with Gasteiger partial charge in [-0.3, -0.25) is 9.69 Å². The maximum atomic E-state index is 12.9. The second-order valence-corrected chi connectivity index (χ2v) is 10.4. The van der Waals surface area contributed by atoms with Crippen molar-refractivity contribution in [1.82, 2.24) is 9.80 Å². The lowest BCUT2D eigenvalue weighted by molar-refractivity contribution is -0.134. The third-order valence-electron chi connectivity index (χ3n) is 4.41. The van der Waals surface area contributed by atoms with Crippen molar-refractivity contribution in [3.05, 3.63) is 33.8 Å². The average molecular weight is 421 g/mol. The minimum Gasteiger partial charge on any atom is -0.337 e. The van der Waals surface area contributed by atoms with Gasteiger partial charge in [-0.15, -0.1) is 0 Å². The third kappa shape index (κ3) is 5.84. The zero-order valence-corrected chi connectivity index (χ0v) is 17.7. The molecule has 1 heterocycles. The standard InChI is InChI=1S/C18H26Cl2N2O3S/c1-13(2)9-22(15-7-8-26(24,25)12-15)17(23)11-21(3)10-14-5-4-6-16(19)18(14)20/h4-6,13,15H,7-12H2,1-3H3. The molecular formula is C18H26Cl2N2O3S. The van der Waals surface area contributed by atoms with Gasteiger partial charge in [0.2, 0.25) is 5.91 Å². The molecule has 2 rings (SSSR count). The van der Waals surface area contributed by atoms with E-state index in [0.29, 0.717) is 29.6 Å². The molecule has 0 aromatic heterocycles. The molecule has 1 atom stereocenters. The largest absolute Gasteiger partial charge is 0.337 e. The Morgan fingerprint density at radius 3 is 2.58 bits per heavy atom. The molecule has 1 fully saturated rings. The second kappa shape index (κ2) is 8.91. The van der Waals surface area contributed by atoms with Gasteiger partial charge < -0.3 is 4.90 Å². The van der Waals surface area contributed by atoms with E-state index < -0.39 is 9.84 Å². The summed E-state index contributed by atoms with van der Waals surface area (Å²) in [4.78, 5) is 16.5. The smallest absolute Gasteiger partial charge is 0.237 e. The summed E-state index contributed by atoms with van der Waals surface area (Å²) in [5.41, 5.74) is 0.855. The first-order valence-corrected chi connectivity index (χ1v) is 11.3. The van der Waals surface area contributed by atoms with Gasteiger partial charge in [-0.2, -0.15) is 0 Å². The minimum atomic E-state index is -3.04. The van der Waals surface area contributed by atoms with Crippen LogP contribution in [0.25, 0.3) is 0 Å². The fourth-order valence-corrected chi connectivity index (χ4v) is 5.32. The Morgan fingerprint density at radius 2 is 2.00 bits per heavy atom. The lowest BCUT2D eigenvalue weighted by atomic mass is 10.1. The predicted octanol–water partition coefficient (Wildman–Crippen LogP) is 3.10. The molecule has 0 aliphatic carbocycles. The summed E-state index contributed by atoms with van der Waals surface area (Å²) in [6.45, 7) is 5.30. The van der Waals surface area contributed by atoms with Crippen LogP contribution in [-0.2, 0) is 21.2 Å². The number of nitrogens with zero attached hydrogens (tertiary/aromatic N) is 2. The Labute approximate surface area is 166 Å². The van der Waals surface area contributed by atoms with Crippen LogP contribution < -0.4 is 0 Å². The van der Waals surface area contributed by atoms with Crippen molar-refractivity contribution in [2.24, 2.45) is 5.92 Å². The summed E-state index contributed by atoms with van der Waals surface area (Å²) in [5.74, 6) is 0.444. The van der Waals surface area contributed by atoms with Gasteiger partial charge in [0.15, 0.2) is 9.84 Å². The molecule has 1 unspecified atom stereocenters. The lowest BCUT2D eigenvalue weighted by Crippen LogP contribution is -2.47. The summed E-state index contributed by atoms with van der Waals surface area (Å²) in [5, 5.41) is 0.982. The van der Waals surface area contributed by atoms with Gasteiger partial charge in [0.05, 0.1) is 28.1 Å². The van der Waals surface area contributed by atoms with Crippen LogP contribution in [0.4, 0.5) is 0 Å². The van der Waals surface area contributed by atoms with Crippen molar-refractivity contribution in [3.63, 3.8) is 0 Å². The number of hydrogen-bond donors (Lipinski definition) is 0. The summed E-state index contributed by atoms with van der Waals surface area (Å²) in [6.07, 6.45) is 0.518. The number of sulfone groups is 1. The second-order valence-electron chi connectivity index (χ2n) is 7.38. The van der Waals surface area contributed by atoms with Crippen molar-refractivity contribution in [2.75, 3.05) is 31.6 Å². The number of carbonyl (C=O) groups excluding carboxylic acids is 1. The molecule has 0 spiro atoms. The molecule has 0 radical (unpaired) electrons. The molecule has 1 aromatic carbocycles. The van der Waals surface area contributed by atoms with Crippen molar-refractivity contribution in [2.45, 2.75) is 32.9 Å². The number of halogens is 2. The van der Waals surface area contributed by atoms with Gasteiger partial charge in [0, 0.05) is 19.1 Å². The molecule has 0 bridgehead atoms. The predicted molar refractivity (Wildman–Crippen MR) is 106 cm³/mol. The Kier molecular flexibility index (Phi) is 7.36. The Hall–Kier alpha value is -0.820. The van der Waals surface area contributed by atoms with E-state index in [1.807, 2.05) is 37.9 Å². The highest BCUT2D eigenvalue weighted by Gasteiger charge is 2.35. The molecule has 1 aromatic rings. The topological polar surface area (TPSA) is 57.7 Å². The first kappa shape index (κ1) is 21.5. The van der Waals surface area contributed by atoms with E-state index in [1.54, 1.807) is 11.0 Å². The van der Waals surface area contributed by atoms with Crippen molar-refractivity contribution in [1.29, 1.82) is 0 Å². The van der Waals surface area contributed by atoms with Gasteiger partial charge in [0.25, 0.3) is 0 Å². The van der Waals surface area contributed by atoms with E-state index in [1.165, 1.54) is 0 Å². The van der Waals surface area contributed by atoms with E-state index in [9.17, 15) is 13.2 Å². The van der Waals surface area contributed by atoms with Crippen molar-refractivity contribution in [3.8, 4) is 0 Å². The molecule has 1 amide bonds. The first-order chi connectivity index (χ1) is 12.1. The number of likely N-dealkylation sites (N-methyl/N-ethyl adjacent to an activating group) is 1. The van der Waals surface area contributed by atoms with Crippen LogP contribution in [0, 0.1) is 5.92 Å². The van der Waals surface area contributed by atoms with Crippen LogP contribution in [0.2, 0.25) is 10.0 Å². The van der Waals surface area contributed by atoms with Crippen molar-refractivity contribution < 1.29 is 13.2 Å². The molecule has 8 heteroatoms. The van der Waals surface area contributed by atoms with Gasteiger partial charge in [-0.05, 0) is 31.0 Å². The van der Waals surface area contributed by atoms with E-state index in [4.69, 9.17) is 23.2 Å². The number of amides is 1. The molecule has 1 aliphatic rings. The van der Waals surface area contributed by atoms with E-state index in [-0.39, 0.29) is 35.9 Å². The van der Waals surface area contributed by atoms with E-state index in [0.717, 1.165) is 5.56 Å². The van der Waals surface area contributed by atoms with Gasteiger partial charge >= 0.3 is 0 Å². The molecule has 1 aliphatic heterocycles. The number of benzene rings is 1. The fourth-order valence-electron chi connectivity index (χ4n) is 3.21. The molecule has 1 saturated heterocycles. The molecule has 26 heavy (non-hydrogen) atoms. The Morgan fingerprint density at radius 1 is 1.31 bits per heavy atom. The highest BCUT2D eigenvalue weighted by atomic mass is 35.5. The quantitative estimate of drug-likeness (QED) is 0.679. The first-order valence-electron chi connectivity index (χ1n) is 8.70. The van der Waals surface area contributed by atoms with Gasteiger partial charge in [0.1, 0.15) is 0 Å². The molecule has 146 valence electrons. The van der Waals surface area contributed by atoms with E-state index >= 15 is 0 Å². The third-order valence-corrected chi connectivity index (χ3v) is 7.02. The fraction of sp³-hybridized carbons (Fsp3) is 0.611. The normalized spacial score (nSPS) is 19.3. The summed E-state index contributed by atoms with van der Waals surface area (Å²) in [7, 11) is -1.20. The van der Waals surface area contributed by atoms with E-state index in [2.05, 4.69) is 0 Å². The maximum Gasteiger partial charge on any atom is 0.237 e. The van der Waals surface area contributed by atoms with Crippen LogP contribution in [0.1, 0.15) is 25.8 Å². The summed E-state index contributed by atoms with van der Waals surface area (Å²) >= 11 is 12.3. The highest BCUT2D eigenvalue weighted by Crippen LogP contribution is 2.26. The highest BCUT2D eigenvalue weighted by molar-refractivity contribution is 7.91. The monoisotopic (exact) mass is 420 g/mol. The van der Waals surface area contributed by atoms with Crippen LogP contribution in [0.5, 0.6) is 0 Å². The number of rotatable bonds is 7. The molecule has 5 nitrogen and oxygen atoms in total. The minimum absolute atomic E-state index is 0.0542. The lowest BCUT2D eigenvalue weighted by Gasteiger charge is -2.31.